The molecule has 1 aliphatic heterocycles. The maximum Gasteiger partial charge on any atom is 0.275 e. The minimum absolute atomic E-state index is 0.115. The largest absolute Gasteiger partial charge is 0.454 e. The Morgan fingerprint density at radius 2 is 2.04 bits per heavy atom. The third-order valence-electron chi connectivity index (χ3n) is 4.46. The molecule has 8 heteroatoms. The summed E-state index contributed by atoms with van der Waals surface area (Å²) in [6.07, 6.45) is 0. The van der Waals surface area contributed by atoms with Gasteiger partial charge in [0.1, 0.15) is 0 Å². The highest BCUT2D eigenvalue weighted by Crippen LogP contribution is 2.32. The zero-order valence-electron chi connectivity index (χ0n) is 14.8. The van der Waals surface area contributed by atoms with Gasteiger partial charge in [-0.3, -0.25) is 4.79 Å². The van der Waals surface area contributed by atoms with E-state index in [1.165, 1.54) is 4.68 Å². The number of benzene rings is 2. The molecule has 3 aromatic rings. The molecule has 2 heterocycles. The number of hydrogen-bond donors (Lipinski definition) is 2. The van der Waals surface area contributed by atoms with Gasteiger partial charge in [-0.2, -0.15) is 0 Å². The van der Waals surface area contributed by atoms with E-state index in [2.05, 4.69) is 15.6 Å². The van der Waals surface area contributed by atoms with Gasteiger partial charge >= 0.3 is 0 Å². The number of amides is 1. The Balaban J connectivity index is 1.43. The van der Waals surface area contributed by atoms with Crippen LogP contribution in [0.15, 0.2) is 42.5 Å². The number of nitrogen functional groups attached to an aromatic ring is 1. The zero-order chi connectivity index (χ0) is 18.8. The average molecular weight is 365 g/mol. The van der Waals surface area contributed by atoms with Gasteiger partial charge in [0.15, 0.2) is 23.0 Å². The number of ether oxygens (including phenoxy) is 2. The Hall–Kier alpha value is -3.55. The number of nitrogens with zero attached hydrogens (tertiary/aromatic N) is 3. The van der Waals surface area contributed by atoms with Crippen molar-refractivity contribution in [3.05, 3.63) is 64.8 Å². The predicted octanol–water partition coefficient (Wildman–Crippen LogP) is 1.88. The number of nitrogens with one attached hydrogen (secondary N) is 1. The highest BCUT2D eigenvalue weighted by molar-refractivity contribution is 5.96. The molecule has 0 spiro atoms. The van der Waals surface area contributed by atoms with E-state index in [-0.39, 0.29) is 24.2 Å². The summed E-state index contributed by atoms with van der Waals surface area (Å²) < 4.78 is 12.1. The van der Waals surface area contributed by atoms with E-state index >= 15 is 0 Å². The van der Waals surface area contributed by atoms with Crippen LogP contribution in [0.1, 0.15) is 27.2 Å². The number of aromatic nitrogens is 3. The molecule has 1 amide bonds. The van der Waals surface area contributed by atoms with Gasteiger partial charge in [0.25, 0.3) is 5.91 Å². The van der Waals surface area contributed by atoms with Crippen molar-refractivity contribution in [2.75, 3.05) is 12.5 Å². The van der Waals surface area contributed by atoms with E-state index < -0.39 is 0 Å². The lowest BCUT2D eigenvalue weighted by Gasteiger charge is -2.07. The van der Waals surface area contributed by atoms with Gasteiger partial charge in [0, 0.05) is 6.54 Å². The van der Waals surface area contributed by atoms with E-state index in [9.17, 15) is 4.79 Å². The topological polar surface area (TPSA) is 104 Å². The van der Waals surface area contributed by atoms with Gasteiger partial charge in [-0.15, -0.1) is 5.10 Å². The van der Waals surface area contributed by atoms with Crippen molar-refractivity contribution in [3.63, 3.8) is 0 Å². The summed E-state index contributed by atoms with van der Waals surface area (Å²) in [4.78, 5) is 12.4. The van der Waals surface area contributed by atoms with Crippen LogP contribution in [0.4, 0.5) is 5.82 Å². The van der Waals surface area contributed by atoms with Crippen LogP contribution < -0.4 is 20.5 Å². The molecule has 4 rings (SSSR count). The normalized spacial score (nSPS) is 12.2. The number of fused-ring (bicyclic) bond motifs is 1. The van der Waals surface area contributed by atoms with Gasteiger partial charge in [-0.05, 0) is 35.7 Å². The zero-order valence-corrected chi connectivity index (χ0v) is 14.8. The molecule has 27 heavy (non-hydrogen) atoms. The fraction of sp³-hybridized carbons (Fsp3) is 0.211. The fourth-order valence-corrected chi connectivity index (χ4v) is 2.86. The van der Waals surface area contributed by atoms with Crippen LogP contribution in [0.3, 0.4) is 0 Å². The third kappa shape index (κ3) is 3.41. The number of rotatable bonds is 5. The first-order chi connectivity index (χ1) is 13.1. The van der Waals surface area contributed by atoms with E-state index in [4.69, 9.17) is 15.2 Å². The minimum atomic E-state index is -0.374. The summed E-state index contributed by atoms with van der Waals surface area (Å²) in [5.74, 6) is 1.24. The summed E-state index contributed by atoms with van der Waals surface area (Å²) in [7, 11) is 0. The van der Waals surface area contributed by atoms with E-state index in [0.717, 1.165) is 16.7 Å². The van der Waals surface area contributed by atoms with Gasteiger partial charge in [0.2, 0.25) is 6.79 Å². The molecule has 0 aliphatic carbocycles. The number of hydrogen-bond acceptors (Lipinski definition) is 6. The molecule has 0 saturated heterocycles. The molecule has 1 aliphatic rings. The second kappa shape index (κ2) is 6.99. The van der Waals surface area contributed by atoms with Gasteiger partial charge in [-0.25, -0.2) is 4.68 Å². The number of carbonyl (C=O) groups is 1. The second-order valence-electron chi connectivity index (χ2n) is 6.28. The van der Waals surface area contributed by atoms with Crippen LogP contribution in [0.2, 0.25) is 0 Å². The first-order valence-corrected chi connectivity index (χ1v) is 8.52. The van der Waals surface area contributed by atoms with Crippen LogP contribution in [-0.4, -0.2) is 27.7 Å². The number of anilines is 1. The Kier molecular flexibility index (Phi) is 4.37. The molecule has 3 N–H and O–H groups in total. The molecule has 0 fully saturated rings. The van der Waals surface area contributed by atoms with Crippen LogP contribution >= 0.6 is 0 Å². The Bertz CT molecular complexity index is 999. The summed E-state index contributed by atoms with van der Waals surface area (Å²) in [5, 5.41) is 10.8. The van der Waals surface area contributed by atoms with E-state index in [1.54, 1.807) is 0 Å². The lowest BCUT2D eigenvalue weighted by atomic mass is 10.1. The first-order valence-electron chi connectivity index (χ1n) is 8.52. The quantitative estimate of drug-likeness (QED) is 0.715. The molecule has 2 aromatic carbocycles. The number of carbonyl (C=O) groups excluding carboxylic acids is 1. The number of nitrogens with two attached hydrogens (primary N) is 1. The summed E-state index contributed by atoms with van der Waals surface area (Å²) >= 11 is 0. The van der Waals surface area contributed by atoms with Crippen molar-refractivity contribution in [3.8, 4) is 11.5 Å². The summed E-state index contributed by atoms with van der Waals surface area (Å²) in [5.41, 5.74) is 9.28. The average Bonchev–Trinajstić information content (AvgIpc) is 3.28. The molecular weight excluding hydrogens is 346 g/mol. The maximum atomic E-state index is 12.4. The highest BCUT2D eigenvalue weighted by atomic mass is 16.7. The lowest BCUT2D eigenvalue weighted by molar-refractivity contribution is 0.0946. The smallest absolute Gasteiger partial charge is 0.275 e. The van der Waals surface area contributed by atoms with Crippen molar-refractivity contribution in [1.82, 2.24) is 20.3 Å². The maximum absolute atomic E-state index is 12.4. The Morgan fingerprint density at radius 3 is 2.89 bits per heavy atom. The Labute approximate surface area is 155 Å². The molecule has 0 unspecified atom stereocenters. The molecule has 1 aromatic heterocycles. The molecule has 138 valence electrons. The van der Waals surface area contributed by atoms with Crippen LogP contribution in [0.25, 0.3) is 0 Å². The van der Waals surface area contributed by atoms with Crippen molar-refractivity contribution in [1.29, 1.82) is 0 Å². The van der Waals surface area contributed by atoms with Crippen molar-refractivity contribution < 1.29 is 14.3 Å². The standard InChI is InChI=1S/C19H19N5O3/c1-12-4-2-3-5-14(12)10-24-18(20)17(22-23-24)19(25)21-9-13-6-7-15-16(8-13)27-11-26-15/h2-8H,9-11,20H2,1H3,(H,21,25). The second-order valence-corrected chi connectivity index (χ2v) is 6.28. The Morgan fingerprint density at radius 1 is 1.22 bits per heavy atom. The van der Waals surface area contributed by atoms with Gasteiger partial charge in [-0.1, -0.05) is 35.5 Å². The lowest BCUT2D eigenvalue weighted by Crippen LogP contribution is -2.24. The van der Waals surface area contributed by atoms with E-state index in [0.29, 0.717) is 24.6 Å². The third-order valence-corrected chi connectivity index (χ3v) is 4.46. The van der Waals surface area contributed by atoms with Gasteiger partial charge in [0.05, 0.1) is 6.54 Å². The van der Waals surface area contributed by atoms with Gasteiger partial charge < -0.3 is 20.5 Å². The predicted molar refractivity (Wildman–Crippen MR) is 98.5 cm³/mol. The van der Waals surface area contributed by atoms with Crippen molar-refractivity contribution >= 4 is 11.7 Å². The molecule has 0 radical (unpaired) electrons. The van der Waals surface area contributed by atoms with Crippen molar-refractivity contribution in [2.24, 2.45) is 0 Å². The molecule has 0 saturated carbocycles. The van der Waals surface area contributed by atoms with Crippen LogP contribution in [0.5, 0.6) is 11.5 Å². The molecule has 0 atom stereocenters. The van der Waals surface area contributed by atoms with Crippen LogP contribution in [-0.2, 0) is 13.1 Å². The highest BCUT2D eigenvalue weighted by Gasteiger charge is 2.18. The fourth-order valence-electron chi connectivity index (χ4n) is 2.86. The first kappa shape index (κ1) is 16.9. The van der Waals surface area contributed by atoms with Crippen molar-refractivity contribution in [2.45, 2.75) is 20.0 Å². The summed E-state index contributed by atoms with van der Waals surface area (Å²) in [6.45, 7) is 3.01. The minimum Gasteiger partial charge on any atom is -0.454 e. The molecular formula is C19H19N5O3. The van der Waals surface area contributed by atoms with E-state index in [1.807, 2.05) is 49.4 Å². The number of aryl methyl sites for hydroxylation is 1. The molecule has 0 bridgehead atoms. The SMILES string of the molecule is Cc1ccccc1Cn1nnc(C(=O)NCc2ccc3c(c2)OCO3)c1N. The molecule has 8 nitrogen and oxygen atoms in total. The summed E-state index contributed by atoms with van der Waals surface area (Å²) in [6, 6.07) is 13.5. The monoisotopic (exact) mass is 365 g/mol. The van der Waals surface area contributed by atoms with Crippen LogP contribution in [0, 0.1) is 6.92 Å².